The van der Waals surface area contributed by atoms with Gasteiger partial charge < -0.3 is 65.1 Å². The standard InChI is InChI=1S/C41H76N12O10/c1-8-9-10-11-12-13-32(55)45-22-34(57)49-27(14-16-42)37(59)48-21-33(56)46-23-35(58)50-30(19-25(4)5)40(62)51-28(15-17-43)39(61)53-36(26(6)7)41(63)52-29(18-24(2)3)38(60)47-20-31(44)54/h24-30,36H,8-23,42-43H2,1-7H3,(H2,44,54)(H,45,55)(H,46,56)(H,47,60)(H,48,59)(H,49,57)(H,50,58)(H,51,62)(H,52,63)(H,53,61)/t27-,28-,29-,30-,36?/m0/s1. The van der Waals surface area contributed by atoms with Crippen molar-refractivity contribution in [1.82, 2.24) is 47.9 Å². The average molecular weight is 897 g/mol. The molecule has 5 atom stereocenters. The van der Waals surface area contributed by atoms with E-state index >= 15 is 0 Å². The Balaban J connectivity index is 5.42. The molecule has 0 aliphatic rings. The maximum atomic E-state index is 13.6. The van der Waals surface area contributed by atoms with Crippen molar-refractivity contribution in [2.45, 2.75) is 143 Å². The second-order valence-electron chi connectivity index (χ2n) is 16.6. The Morgan fingerprint density at radius 3 is 1.38 bits per heavy atom. The zero-order valence-electron chi connectivity index (χ0n) is 38.2. The van der Waals surface area contributed by atoms with Gasteiger partial charge in [0.15, 0.2) is 0 Å². The molecule has 15 N–H and O–H groups in total. The van der Waals surface area contributed by atoms with Crippen LogP contribution >= 0.6 is 0 Å². The third kappa shape index (κ3) is 26.6. The summed E-state index contributed by atoms with van der Waals surface area (Å²) in [5, 5.41) is 22.6. The number of unbranched alkanes of at least 4 members (excludes halogenated alkanes) is 4. The smallest absolute Gasteiger partial charge is 0.243 e. The highest BCUT2D eigenvalue weighted by Gasteiger charge is 2.33. The summed E-state index contributed by atoms with van der Waals surface area (Å²) >= 11 is 0. The van der Waals surface area contributed by atoms with Crippen LogP contribution < -0.4 is 65.1 Å². The molecule has 22 nitrogen and oxygen atoms in total. The second kappa shape index (κ2) is 32.3. The number of nitrogens with one attached hydrogen (secondary N) is 9. The first kappa shape index (κ1) is 57.6. The summed E-state index contributed by atoms with van der Waals surface area (Å²) in [5.74, 6) is -7.25. The fourth-order valence-corrected chi connectivity index (χ4v) is 6.08. The molecule has 63 heavy (non-hydrogen) atoms. The van der Waals surface area contributed by atoms with Gasteiger partial charge in [-0.15, -0.1) is 0 Å². The normalized spacial score (nSPS) is 13.4. The SMILES string of the molecule is CCCCCCCC(=O)NCC(=O)N[C@@H](CCN)C(=O)NCC(=O)NCC(=O)N[C@@H](CC(C)C)C(=O)N[C@@H](CCN)C(=O)NC(C(=O)N[C@@H](CC(C)C)C(=O)NCC(N)=O)C(C)C. The number of nitrogens with two attached hydrogens (primary N) is 3. The first-order valence-electron chi connectivity index (χ1n) is 21.9. The molecule has 22 heteroatoms. The van der Waals surface area contributed by atoms with Crippen molar-refractivity contribution in [3.05, 3.63) is 0 Å². The zero-order chi connectivity index (χ0) is 48.1. The molecule has 0 rings (SSSR count). The van der Waals surface area contributed by atoms with Gasteiger partial charge in [0.25, 0.3) is 0 Å². The van der Waals surface area contributed by atoms with Crippen LogP contribution in [0.4, 0.5) is 0 Å². The Morgan fingerprint density at radius 2 is 0.873 bits per heavy atom. The van der Waals surface area contributed by atoms with Gasteiger partial charge in [0.2, 0.25) is 59.1 Å². The number of hydrogen-bond acceptors (Lipinski definition) is 12. The van der Waals surface area contributed by atoms with E-state index in [1.807, 2.05) is 13.8 Å². The molecule has 0 aliphatic heterocycles. The lowest BCUT2D eigenvalue weighted by molar-refractivity contribution is -0.135. The summed E-state index contributed by atoms with van der Waals surface area (Å²) in [6.45, 7) is 10.8. The van der Waals surface area contributed by atoms with Crippen LogP contribution in [0, 0.1) is 17.8 Å². The number of rotatable bonds is 33. The molecular formula is C41H76N12O10. The molecule has 10 amide bonds. The van der Waals surface area contributed by atoms with E-state index in [-0.39, 0.29) is 69.5 Å². The number of hydrogen-bond donors (Lipinski definition) is 12. The predicted octanol–water partition coefficient (Wildman–Crippen LogP) is -2.83. The van der Waals surface area contributed by atoms with Gasteiger partial charge in [0.1, 0.15) is 30.2 Å². The highest BCUT2D eigenvalue weighted by Crippen LogP contribution is 2.10. The quantitative estimate of drug-likeness (QED) is 0.0297. The summed E-state index contributed by atoms with van der Waals surface area (Å²) in [6.07, 6.45) is 5.49. The van der Waals surface area contributed by atoms with Gasteiger partial charge in [0, 0.05) is 6.42 Å². The van der Waals surface area contributed by atoms with Crippen molar-refractivity contribution in [2.75, 3.05) is 39.3 Å². The van der Waals surface area contributed by atoms with Crippen LogP contribution in [0.25, 0.3) is 0 Å². The number of carbonyl (C=O) groups is 10. The molecule has 0 aliphatic carbocycles. The van der Waals surface area contributed by atoms with Gasteiger partial charge in [-0.1, -0.05) is 74.1 Å². The molecule has 360 valence electrons. The first-order valence-corrected chi connectivity index (χ1v) is 21.9. The van der Waals surface area contributed by atoms with Crippen LogP contribution in [0.15, 0.2) is 0 Å². The number of primary amides is 1. The van der Waals surface area contributed by atoms with Crippen LogP contribution in [-0.4, -0.2) is 129 Å². The van der Waals surface area contributed by atoms with E-state index in [0.717, 1.165) is 25.7 Å². The Bertz CT molecular complexity index is 1510. The molecule has 0 aromatic heterocycles. The second-order valence-corrected chi connectivity index (χ2v) is 16.6. The molecule has 0 bridgehead atoms. The van der Waals surface area contributed by atoms with Crippen LogP contribution in [0.3, 0.4) is 0 Å². The molecule has 0 saturated carbocycles. The third-order valence-corrected chi connectivity index (χ3v) is 9.40. The third-order valence-electron chi connectivity index (χ3n) is 9.40. The van der Waals surface area contributed by atoms with E-state index in [2.05, 4.69) is 54.8 Å². The maximum absolute atomic E-state index is 13.6. The van der Waals surface area contributed by atoms with E-state index in [1.54, 1.807) is 27.7 Å². The number of amides is 10. The molecule has 0 heterocycles. The van der Waals surface area contributed by atoms with Gasteiger partial charge in [0.05, 0.1) is 26.2 Å². The fourth-order valence-electron chi connectivity index (χ4n) is 6.08. The molecule has 1 unspecified atom stereocenters. The topological polar surface area (TPSA) is 357 Å². The summed E-state index contributed by atoms with van der Waals surface area (Å²) in [7, 11) is 0. The number of carbonyl (C=O) groups excluding carboxylic acids is 10. The summed E-state index contributed by atoms with van der Waals surface area (Å²) in [6, 6.07) is -5.65. The fraction of sp³-hybridized carbons (Fsp3) is 0.756. The predicted molar refractivity (Wildman–Crippen MR) is 235 cm³/mol. The van der Waals surface area contributed by atoms with E-state index < -0.39 is 109 Å². The van der Waals surface area contributed by atoms with E-state index in [9.17, 15) is 47.9 Å². The van der Waals surface area contributed by atoms with Crippen LogP contribution in [0.2, 0.25) is 0 Å². The molecule has 0 spiro atoms. The zero-order valence-corrected chi connectivity index (χ0v) is 38.2. The van der Waals surface area contributed by atoms with Gasteiger partial charge >= 0.3 is 0 Å². The monoisotopic (exact) mass is 897 g/mol. The minimum atomic E-state index is -1.23. The van der Waals surface area contributed by atoms with Gasteiger partial charge in [-0.05, 0) is 62.9 Å². The minimum Gasteiger partial charge on any atom is -0.368 e. The van der Waals surface area contributed by atoms with Crippen LogP contribution in [0.5, 0.6) is 0 Å². The minimum absolute atomic E-state index is 0.0287. The lowest BCUT2D eigenvalue weighted by atomic mass is 9.99. The largest absolute Gasteiger partial charge is 0.368 e. The Hall–Kier alpha value is -5.38. The maximum Gasteiger partial charge on any atom is 0.243 e. The molecular weight excluding hydrogens is 821 g/mol. The van der Waals surface area contributed by atoms with E-state index in [0.29, 0.717) is 6.42 Å². The summed E-state index contributed by atoms with van der Waals surface area (Å²) in [4.78, 5) is 127. The lowest BCUT2D eigenvalue weighted by Crippen LogP contribution is -2.60. The Morgan fingerprint density at radius 1 is 0.444 bits per heavy atom. The van der Waals surface area contributed by atoms with Gasteiger partial charge in [-0.25, -0.2) is 0 Å². The molecule has 0 aromatic carbocycles. The van der Waals surface area contributed by atoms with Crippen molar-refractivity contribution in [3.8, 4) is 0 Å². The lowest BCUT2D eigenvalue weighted by Gasteiger charge is -2.28. The highest BCUT2D eigenvalue weighted by atomic mass is 16.2. The van der Waals surface area contributed by atoms with Gasteiger partial charge in [-0.2, -0.15) is 0 Å². The van der Waals surface area contributed by atoms with Crippen LogP contribution in [-0.2, 0) is 47.9 Å². The van der Waals surface area contributed by atoms with Gasteiger partial charge in [-0.3, -0.25) is 47.9 Å². The average Bonchev–Trinajstić information content (AvgIpc) is 3.20. The molecule has 0 fully saturated rings. The van der Waals surface area contributed by atoms with E-state index in [4.69, 9.17) is 17.2 Å². The van der Waals surface area contributed by atoms with E-state index in [1.165, 1.54) is 0 Å². The molecule has 0 radical (unpaired) electrons. The summed E-state index contributed by atoms with van der Waals surface area (Å²) < 4.78 is 0. The van der Waals surface area contributed by atoms with Crippen LogP contribution in [0.1, 0.15) is 113 Å². The first-order chi connectivity index (χ1) is 29.6. The molecule has 0 aromatic rings. The Kier molecular flexibility index (Phi) is 29.6. The van der Waals surface area contributed by atoms with Crippen molar-refractivity contribution < 1.29 is 47.9 Å². The van der Waals surface area contributed by atoms with Crippen molar-refractivity contribution in [3.63, 3.8) is 0 Å². The van der Waals surface area contributed by atoms with Crippen molar-refractivity contribution in [1.29, 1.82) is 0 Å². The highest BCUT2D eigenvalue weighted by molar-refractivity contribution is 5.97. The Labute approximate surface area is 371 Å². The molecule has 0 saturated heterocycles. The summed E-state index contributed by atoms with van der Waals surface area (Å²) in [5.41, 5.74) is 16.5. The van der Waals surface area contributed by atoms with Crippen molar-refractivity contribution in [2.24, 2.45) is 35.0 Å². The van der Waals surface area contributed by atoms with Crippen molar-refractivity contribution >= 4 is 59.1 Å².